The number of hydrogen-bond donors (Lipinski definition) is 1. The molecule has 0 saturated heterocycles. The van der Waals surface area contributed by atoms with Gasteiger partial charge in [0, 0.05) is 17.5 Å². The van der Waals surface area contributed by atoms with Crippen molar-refractivity contribution in [3.63, 3.8) is 0 Å². The first-order valence-corrected chi connectivity index (χ1v) is 8.63. The molecule has 0 aliphatic heterocycles. The van der Waals surface area contributed by atoms with Crippen molar-refractivity contribution >= 4 is 29.3 Å². The molecule has 26 heavy (non-hydrogen) atoms. The number of carbonyl (C=O) groups excluding carboxylic acids is 2. The topological polar surface area (TPSA) is 99.0 Å². The lowest BCUT2D eigenvalue weighted by Crippen LogP contribution is -2.10. The van der Waals surface area contributed by atoms with Gasteiger partial charge < -0.3 is 10.1 Å². The zero-order valence-electron chi connectivity index (χ0n) is 13.8. The second kappa shape index (κ2) is 8.26. The van der Waals surface area contributed by atoms with E-state index >= 15 is 0 Å². The summed E-state index contributed by atoms with van der Waals surface area (Å²) in [6, 6.07) is 14.1. The summed E-state index contributed by atoms with van der Waals surface area (Å²) in [6.45, 7) is 1.45. The fraction of sp³-hybridized carbons (Fsp3) is 0.118. The zero-order chi connectivity index (χ0) is 18.4. The van der Waals surface area contributed by atoms with E-state index in [9.17, 15) is 9.59 Å². The van der Waals surface area contributed by atoms with Crippen LogP contribution in [0.15, 0.2) is 59.8 Å². The molecule has 0 aliphatic rings. The van der Waals surface area contributed by atoms with E-state index in [0.717, 1.165) is 10.6 Å². The van der Waals surface area contributed by atoms with E-state index in [-0.39, 0.29) is 17.6 Å². The molecule has 0 saturated carbocycles. The Morgan fingerprint density at radius 3 is 2.46 bits per heavy atom. The standard InChI is InChI=1S/C17H15N5O3S/c1-12(23)19-13-2-8-16(9-3-13)26-10-17(24)25-15-6-4-14(5-7-15)22-11-18-20-21-22/h2-9,11H,10H2,1H3,(H,19,23). The molecular weight excluding hydrogens is 354 g/mol. The third kappa shape index (κ3) is 4.90. The maximum absolute atomic E-state index is 12.0. The van der Waals surface area contributed by atoms with Crippen molar-refractivity contribution in [1.29, 1.82) is 0 Å². The lowest BCUT2D eigenvalue weighted by Gasteiger charge is -2.06. The molecule has 3 rings (SSSR count). The molecule has 3 aromatic rings. The quantitative estimate of drug-likeness (QED) is 0.404. The predicted molar refractivity (Wildman–Crippen MR) is 96.3 cm³/mol. The Hall–Kier alpha value is -3.20. The van der Waals surface area contributed by atoms with E-state index < -0.39 is 0 Å². The van der Waals surface area contributed by atoms with Crippen LogP contribution in [0.1, 0.15) is 6.92 Å². The largest absolute Gasteiger partial charge is 0.426 e. The molecule has 0 fully saturated rings. The third-order valence-corrected chi connectivity index (χ3v) is 4.20. The highest BCUT2D eigenvalue weighted by Gasteiger charge is 2.07. The number of hydrogen-bond acceptors (Lipinski definition) is 7. The number of tetrazole rings is 1. The maximum atomic E-state index is 12.0. The average molecular weight is 369 g/mol. The highest BCUT2D eigenvalue weighted by molar-refractivity contribution is 8.00. The number of nitrogens with one attached hydrogen (secondary N) is 1. The zero-order valence-corrected chi connectivity index (χ0v) is 14.6. The molecule has 2 aromatic carbocycles. The lowest BCUT2D eigenvalue weighted by molar-refractivity contribution is -0.131. The first-order valence-electron chi connectivity index (χ1n) is 7.65. The van der Waals surface area contributed by atoms with Gasteiger partial charge in [0.05, 0.1) is 11.4 Å². The van der Waals surface area contributed by atoms with Crippen LogP contribution in [0.25, 0.3) is 5.69 Å². The number of aromatic nitrogens is 4. The van der Waals surface area contributed by atoms with Gasteiger partial charge >= 0.3 is 5.97 Å². The van der Waals surface area contributed by atoms with Crippen LogP contribution in [0.3, 0.4) is 0 Å². The summed E-state index contributed by atoms with van der Waals surface area (Å²) in [5.74, 6) is 0.151. The fourth-order valence-electron chi connectivity index (χ4n) is 2.09. The average Bonchev–Trinajstić information content (AvgIpc) is 3.16. The summed E-state index contributed by atoms with van der Waals surface area (Å²) in [6.07, 6.45) is 1.48. The smallest absolute Gasteiger partial charge is 0.321 e. The summed E-state index contributed by atoms with van der Waals surface area (Å²) < 4.78 is 6.81. The van der Waals surface area contributed by atoms with E-state index in [1.54, 1.807) is 36.4 Å². The molecule has 8 nitrogen and oxygen atoms in total. The lowest BCUT2D eigenvalue weighted by atomic mass is 10.3. The van der Waals surface area contributed by atoms with E-state index in [0.29, 0.717) is 11.4 Å². The third-order valence-electron chi connectivity index (χ3n) is 3.21. The minimum atomic E-state index is -0.351. The fourth-order valence-corrected chi connectivity index (χ4v) is 2.76. The van der Waals surface area contributed by atoms with E-state index in [1.165, 1.54) is 29.7 Å². The second-order valence-corrected chi connectivity index (χ2v) is 6.27. The summed E-state index contributed by atoms with van der Waals surface area (Å²) in [5, 5.41) is 13.6. The van der Waals surface area contributed by atoms with Crippen LogP contribution in [0.2, 0.25) is 0 Å². The van der Waals surface area contributed by atoms with Gasteiger partial charge in [0.1, 0.15) is 12.1 Å². The number of esters is 1. The summed E-state index contributed by atoms with van der Waals surface area (Å²) in [5.41, 5.74) is 1.48. The normalized spacial score (nSPS) is 10.3. The van der Waals surface area contributed by atoms with Crippen LogP contribution in [0.4, 0.5) is 5.69 Å². The predicted octanol–water partition coefficient (Wildman–Crippen LogP) is 2.32. The van der Waals surface area contributed by atoms with Crippen molar-refractivity contribution in [2.75, 3.05) is 11.1 Å². The Balaban J connectivity index is 1.50. The molecule has 1 aromatic heterocycles. The van der Waals surface area contributed by atoms with Gasteiger partial charge in [0.2, 0.25) is 5.91 Å². The first-order chi connectivity index (χ1) is 12.6. The number of carbonyl (C=O) groups is 2. The van der Waals surface area contributed by atoms with Crippen LogP contribution in [-0.4, -0.2) is 37.8 Å². The van der Waals surface area contributed by atoms with Gasteiger partial charge in [0.25, 0.3) is 0 Å². The Kier molecular flexibility index (Phi) is 5.59. The van der Waals surface area contributed by atoms with Gasteiger partial charge in [-0.1, -0.05) is 0 Å². The number of thioether (sulfide) groups is 1. The molecule has 0 bridgehead atoms. The minimum absolute atomic E-state index is 0.125. The van der Waals surface area contributed by atoms with Crippen molar-refractivity contribution in [3.05, 3.63) is 54.9 Å². The van der Waals surface area contributed by atoms with Crippen LogP contribution in [0.5, 0.6) is 5.75 Å². The molecule has 1 heterocycles. The number of rotatable bonds is 6. The molecule has 0 aliphatic carbocycles. The van der Waals surface area contributed by atoms with Crippen molar-refractivity contribution < 1.29 is 14.3 Å². The Morgan fingerprint density at radius 2 is 1.85 bits per heavy atom. The van der Waals surface area contributed by atoms with Crippen LogP contribution >= 0.6 is 11.8 Å². The van der Waals surface area contributed by atoms with Gasteiger partial charge in [0.15, 0.2) is 0 Å². The molecule has 1 amide bonds. The number of anilines is 1. The summed E-state index contributed by atoms with van der Waals surface area (Å²) in [7, 11) is 0. The van der Waals surface area contributed by atoms with Crippen molar-refractivity contribution in [3.8, 4) is 11.4 Å². The molecular formula is C17H15N5O3S. The van der Waals surface area contributed by atoms with Gasteiger partial charge in [-0.2, -0.15) is 0 Å². The van der Waals surface area contributed by atoms with E-state index in [4.69, 9.17) is 4.74 Å². The monoisotopic (exact) mass is 369 g/mol. The number of nitrogens with zero attached hydrogens (tertiary/aromatic N) is 4. The van der Waals surface area contributed by atoms with E-state index in [2.05, 4.69) is 20.8 Å². The molecule has 0 radical (unpaired) electrons. The molecule has 0 atom stereocenters. The second-order valence-electron chi connectivity index (χ2n) is 5.22. The van der Waals surface area contributed by atoms with Crippen LogP contribution < -0.4 is 10.1 Å². The highest BCUT2D eigenvalue weighted by Crippen LogP contribution is 2.21. The van der Waals surface area contributed by atoms with Crippen molar-refractivity contribution in [2.45, 2.75) is 11.8 Å². The Bertz CT molecular complexity index is 880. The van der Waals surface area contributed by atoms with Gasteiger partial charge in [-0.05, 0) is 59.0 Å². The molecule has 0 unspecified atom stereocenters. The highest BCUT2D eigenvalue weighted by atomic mass is 32.2. The number of ether oxygens (including phenoxy) is 1. The number of amides is 1. The van der Waals surface area contributed by atoms with Crippen molar-refractivity contribution in [1.82, 2.24) is 20.2 Å². The van der Waals surface area contributed by atoms with Crippen LogP contribution in [0, 0.1) is 0 Å². The molecule has 1 N–H and O–H groups in total. The SMILES string of the molecule is CC(=O)Nc1ccc(SCC(=O)Oc2ccc(-n3cnnn3)cc2)cc1. The van der Waals surface area contributed by atoms with Gasteiger partial charge in [-0.15, -0.1) is 16.9 Å². The minimum Gasteiger partial charge on any atom is -0.426 e. The maximum Gasteiger partial charge on any atom is 0.321 e. The van der Waals surface area contributed by atoms with Crippen LogP contribution in [-0.2, 0) is 9.59 Å². The van der Waals surface area contributed by atoms with Crippen molar-refractivity contribution in [2.24, 2.45) is 0 Å². The molecule has 132 valence electrons. The summed E-state index contributed by atoms with van der Waals surface area (Å²) in [4.78, 5) is 23.9. The van der Waals surface area contributed by atoms with Gasteiger partial charge in [-0.3, -0.25) is 9.59 Å². The Morgan fingerprint density at radius 1 is 1.12 bits per heavy atom. The molecule has 9 heteroatoms. The molecule has 0 spiro atoms. The number of benzene rings is 2. The summed E-state index contributed by atoms with van der Waals surface area (Å²) >= 11 is 1.36. The van der Waals surface area contributed by atoms with Gasteiger partial charge in [-0.25, -0.2) is 4.68 Å². The first kappa shape index (κ1) is 17.6. The van der Waals surface area contributed by atoms with E-state index in [1.807, 2.05) is 12.1 Å². The Labute approximate surface area is 153 Å².